The SMILES string of the molecule is COc1cccc(CN2C(=O)c3cc(-c4cccs4)nn3C[C@@]2(C)C(=O)NCc2ccc(C)cc2)c1. The van der Waals surface area contributed by atoms with Crippen LogP contribution in [-0.2, 0) is 24.4 Å². The highest BCUT2D eigenvalue weighted by Crippen LogP contribution is 2.33. The van der Waals surface area contributed by atoms with Gasteiger partial charge in [0.2, 0.25) is 5.91 Å². The van der Waals surface area contributed by atoms with E-state index in [-0.39, 0.29) is 24.9 Å². The van der Waals surface area contributed by atoms with Gasteiger partial charge < -0.3 is 15.0 Å². The summed E-state index contributed by atoms with van der Waals surface area (Å²) in [5.41, 5.74) is 3.11. The van der Waals surface area contributed by atoms with Crippen molar-refractivity contribution in [2.45, 2.75) is 39.0 Å². The number of hydrogen-bond acceptors (Lipinski definition) is 5. The Morgan fingerprint density at radius 3 is 2.64 bits per heavy atom. The second-order valence-corrected chi connectivity index (χ2v) is 10.2. The van der Waals surface area contributed by atoms with Crippen molar-refractivity contribution in [3.8, 4) is 16.3 Å². The zero-order valence-corrected chi connectivity index (χ0v) is 21.3. The molecule has 1 N–H and O–H groups in total. The highest BCUT2D eigenvalue weighted by Gasteiger charge is 2.48. The number of ether oxygens (including phenoxy) is 1. The van der Waals surface area contributed by atoms with E-state index < -0.39 is 5.54 Å². The molecule has 0 bridgehead atoms. The van der Waals surface area contributed by atoms with E-state index in [1.165, 1.54) is 0 Å². The van der Waals surface area contributed by atoms with Crippen molar-refractivity contribution in [1.82, 2.24) is 20.0 Å². The molecule has 1 atom stereocenters. The van der Waals surface area contributed by atoms with Gasteiger partial charge in [0.05, 0.1) is 18.5 Å². The maximum Gasteiger partial charge on any atom is 0.273 e. The fourth-order valence-electron chi connectivity index (χ4n) is 4.47. The fraction of sp³-hybridized carbons (Fsp3) is 0.250. The Morgan fingerprint density at radius 1 is 1.11 bits per heavy atom. The maximum atomic E-state index is 13.8. The fourth-order valence-corrected chi connectivity index (χ4v) is 5.15. The lowest BCUT2D eigenvalue weighted by Crippen LogP contribution is -2.63. The van der Waals surface area contributed by atoms with E-state index in [9.17, 15) is 9.59 Å². The summed E-state index contributed by atoms with van der Waals surface area (Å²) in [4.78, 5) is 30.2. The molecule has 2 aromatic heterocycles. The van der Waals surface area contributed by atoms with Crippen LogP contribution in [0.15, 0.2) is 72.1 Å². The second-order valence-electron chi connectivity index (χ2n) is 9.23. The first-order valence-electron chi connectivity index (χ1n) is 11.8. The standard InChI is InChI=1S/C28H28N4O3S/c1-19-9-11-20(12-10-19)16-29-27(34)28(2)18-32-24(15-23(30-32)25-8-5-13-36-25)26(33)31(28)17-21-6-4-7-22(14-21)35-3/h4-15H,16-18H2,1-3H3,(H,29,34)/t28-/m0/s1. The molecule has 36 heavy (non-hydrogen) atoms. The lowest BCUT2D eigenvalue weighted by Gasteiger charge is -2.43. The molecule has 5 rings (SSSR count). The van der Waals surface area contributed by atoms with Crippen molar-refractivity contribution in [2.75, 3.05) is 7.11 Å². The minimum atomic E-state index is -1.14. The third-order valence-corrected chi connectivity index (χ3v) is 7.50. The van der Waals surface area contributed by atoms with Crippen LogP contribution in [0, 0.1) is 6.92 Å². The van der Waals surface area contributed by atoms with Gasteiger partial charge in [-0.3, -0.25) is 14.3 Å². The van der Waals surface area contributed by atoms with E-state index in [1.54, 1.807) is 28.0 Å². The van der Waals surface area contributed by atoms with Gasteiger partial charge in [-0.2, -0.15) is 5.10 Å². The minimum absolute atomic E-state index is 0.224. The predicted octanol–water partition coefficient (Wildman–Crippen LogP) is 4.66. The van der Waals surface area contributed by atoms with E-state index in [2.05, 4.69) is 5.32 Å². The summed E-state index contributed by atoms with van der Waals surface area (Å²) >= 11 is 1.57. The van der Waals surface area contributed by atoms with Crippen LogP contribution >= 0.6 is 11.3 Å². The van der Waals surface area contributed by atoms with Gasteiger partial charge >= 0.3 is 0 Å². The van der Waals surface area contributed by atoms with E-state index in [4.69, 9.17) is 9.84 Å². The summed E-state index contributed by atoms with van der Waals surface area (Å²) in [7, 11) is 1.61. The summed E-state index contributed by atoms with van der Waals surface area (Å²) < 4.78 is 7.04. The average Bonchev–Trinajstić information content (AvgIpc) is 3.56. The van der Waals surface area contributed by atoms with Gasteiger partial charge in [-0.1, -0.05) is 48.0 Å². The van der Waals surface area contributed by atoms with E-state index in [0.717, 1.165) is 27.3 Å². The van der Waals surface area contributed by atoms with E-state index in [1.807, 2.05) is 86.0 Å². The normalized spacial score (nSPS) is 17.1. The van der Waals surface area contributed by atoms with Crippen LogP contribution < -0.4 is 10.1 Å². The van der Waals surface area contributed by atoms with Crippen molar-refractivity contribution in [3.63, 3.8) is 0 Å². The van der Waals surface area contributed by atoms with Crippen LogP contribution in [0.4, 0.5) is 0 Å². The minimum Gasteiger partial charge on any atom is -0.497 e. The zero-order chi connectivity index (χ0) is 25.3. The van der Waals surface area contributed by atoms with Gasteiger partial charge in [0.1, 0.15) is 22.7 Å². The molecule has 0 saturated carbocycles. The van der Waals surface area contributed by atoms with E-state index in [0.29, 0.717) is 18.0 Å². The van der Waals surface area contributed by atoms with Crippen molar-refractivity contribution >= 4 is 23.2 Å². The molecule has 2 amide bonds. The summed E-state index contributed by atoms with van der Waals surface area (Å²) in [5, 5.41) is 9.73. The monoisotopic (exact) mass is 500 g/mol. The number of rotatable bonds is 7. The molecule has 0 fully saturated rings. The molecular weight excluding hydrogens is 472 g/mol. The van der Waals surface area contributed by atoms with Gasteiger partial charge in [-0.25, -0.2) is 0 Å². The number of aromatic nitrogens is 2. The molecule has 2 aromatic carbocycles. The third kappa shape index (κ3) is 4.52. The Labute approximate surface area is 214 Å². The number of fused-ring (bicyclic) bond motifs is 1. The molecule has 0 spiro atoms. The summed E-state index contributed by atoms with van der Waals surface area (Å²) in [6.07, 6.45) is 0. The molecule has 3 heterocycles. The van der Waals surface area contributed by atoms with Gasteiger partial charge in [-0.15, -0.1) is 11.3 Å². The van der Waals surface area contributed by atoms with E-state index >= 15 is 0 Å². The van der Waals surface area contributed by atoms with Gasteiger partial charge in [-0.05, 0) is 54.6 Å². The molecule has 1 aliphatic heterocycles. The molecule has 0 radical (unpaired) electrons. The number of amides is 2. The molecule has 8 heteroatoms. The number of aryl methyl sites for hydroxylation is 1. The Morgan fingerprint density at radius 2 is 1.92 bits per heavy atom. The first kappa shape index (κ1) is 23.8. The number of methoxy groups -OCH3 is 1. The summed E-state index contributed by atoms with van der Waals surface area (Å²) in [6.45, 7) is 4.74. The lowest BCUT2D eigenvalue weighted by molar-refractivity contribution is -0.133. The zero-order valence-electron chi connectivity index (χ0n) is 20.5. The van der Waals surface area contributed by atoms with Crippen molar-refractivity contribution in [3.05, 3.63) is 94.5 Å². The Hall–Kier alpha value is -3.91. The molecule has 0 aliphatic carbocycles. The Kier molecular flexibility index (Phi) is 6.36. The molecule has 1 aliphatic rings. The van der Waals surface area contributed by atoms with Crippen molar-refractivity contribution in [2.24, 2.45) is 0 Å². The van der Waals surface area contributed by atoms with Gasteiger partial charge in [0.25, 0.3) is 5.91 Å². The van der Waals surface area contributed by atoms with Crippen LogP contribution in [0.25, 0.3) is 10.6 Å². The van der Waals surface area contributed by atoms with Crippen LogP contribution in [0.5, 0.6) is 5.75 Å². The van der Waals surface area contributed by atoms with Crippen LogP contribution in [0.2, 0.25) is 0 Å². The first-order valence-corrected chi connectivity index (χ1v) is 12.7. The number of carbonyl (C=O) groups is 2. The Bertz CT molecular complexity index is 1390. The largest absolute Gasteiger partial charge is 0.497 e. The van der Waals surface area contributed by atoms with Crippen LogP contribution in [-0.4, -0.2) is 39.1 Å². The lowest BCUT2D eigenvalue weighted by atomic mass is 9.94. The number of nitrogens with zero attached hydrogens (tertiary/aromatic N) is 3. The number of hydrogen-bond donors (Lipinski definition) is 1. The van der Waals surface area contributed by atoms with Crippen LogP contribution in [0.1, 0.15) is 34.1 Å². The average molecular weight is 501 g/mol. The van der Waals surface area contributed by atoms with Gasteiger partial charge in [0, 0.05) is 13.1 Å². The van der Waals surface area contributed by atoms with Gasteiger partial charge in [0.15, 0.2) is 0 Å². The molecular formula is C28H28N4O3S. The summed E-state index contributed by atoms with van der Waals surface area (Å²) in [5.74, 6) is 0.248. The smallest absolute Gasteiger partial charge is 0.273 e. The van der Waals surface area contributed by atoms with Crippen molar-refractivity contribution < 1.29 is 14.3 Å². The second kappa shape index (κ2) is 9.62. The number of benzene rings is 2. The molecule has 7 nitrogen and oxygen atoms in total. The third-order valence-electron chi connectivity index (χ3n) is 6.61. The first-order chi connectivity index (χ1) is 17.4. The molecule has 0 unspecified atom stereocenters. The topological polar surface area (TPSA) is 76.5 Å². The summed E-state index contributed by atoms with van der Waals surface area (Å²) in [6, 6.07) is 21.3. The highest BCUT2D eigenvalue weighted by atomic mass is 32.1. The quantitative estimate of drug-likeness (QED) is 0.401. The van der Waals surface area contributed by atoms with Crippen LogP contribution in [0.3, 0.4) is 0 Å². The number of nitrogens with one attached hydrogen (secondary N) is 1. The molecule has 0 saturated heterocycles. The highest BCUT2D eigenvalue weighted by molar-refractivity contribution is 7.13. The van der Waals surface area contributed by atoms with Crippen molar-refractivity contribution in [1.29, 1.82) is 0 Å². The number of carbonyl (C=O) groups excluding carboxylic acids is 2. The molecule has 4 aromatic rings. The molecule has 184 valence electrons. The predicted molar refractivity (Wildman–Crippen MR) is 140 cm³/mol. The maximum absolute atomic E-state index is 13.8. The Balaban J connectivity index is 1.48. The number of thiophene rings is 1.